The Morgan fingerprint density at radius 3 is 2.33 bits per heavy atom. The molecule has 0 unspecified atom stereocenters. The molecule has 24 heavy (non-hydrogen) atoms. The highest BCUT2D eigenvalue weighted by Crippen LogP contribution is 2.24. The van der Waals surface area contributed by atoms with Crippen molar-refractivity contribution in [3.05, 3.63) is 71.9 Å². The molecule has 0 aliphatic heterocycles. The normalized spacial score (nSPS) is 14.0. The molecule has 0 aliphatic rings. The summed E-state index contributed by atoms with van der Waals surface area (Å²) in [5.41, 5.74) is 2.96. The number of carbonyl (C=O) groups excluding carboxylic acids is 1. The lowest BCUT2D eigenvalue weighted by atomic mass is 9.94. The van der Waals surface area contributed by atoms with Gasteiger partial charge in [0, 0.05) is 28.7 Å². The van der Waals surface area contributed by atoms with Gasteiger partial charge in [0.15, 0.2) is 5.78 Å². The molecule has 124 valence electrons. The topological polar surface area (TPSA) is 44.9 Å². The van der Waals surface area contributed by atoms with Crippen LogP contribution in [0.25, 0.3) is 10.9 Å². The average molecular weight is 320 g/mol. The Hall–Kier alpha value is -2.39. The van der Waals surface area contributed by atoms with Gasteiger partial charge in [-0.15, -0.1) is 0 Å². The molecule has 0 saturated heterocycles. The lowest BCUT2D eigenvalue weighted by molar-refractivity contribution is 0.0941. The van der Waals surface area contributed by atoms with Gasteiger partial charge in [-0.05, 0) is 24.5 Å². The van der Waals surface area contributed by atoms with Crippen LogP contribution >= 0.6 is 0 Å². The Morgan fingerprint density at radius 1 is 0.958 bits per heavy atom. The van der Waals surface area contributed by atoms with Gasteiger partial charge in [0.1, 0.15) is 0 Å². The van der Waals surface area contributed by atoms with Crippen LogP contribution in [0.15, 0.2) is 60.8 Å². The van der Waals surface area contributed by atoms with Crippen molar-refractivity contribution in [2.75, 3.05) is 0 Å². The monoisotopic (exact) mass is 320 g/mol. The summed E-state index contributed by atoms with van der Waals surface area (Å²) >= 11 is 0. The Kier molecular flexibility index (Phi) is 4.81. The first-order chi connectivity index (χ1) is 11.6. The van der Waals surface area contributed by atoms with Crippen LogP contribution in [0.3, 0.4) is 0 Å². The highest BCUT2D eigenvalue weighted by atomic mass is 16.1. The number of aromatic amines is 1. The zero-order valence-corrected chi connectivity index (χ0v) is 14.4. The molecule has 0 spiro atoms. The summed E-state index contributed by atoms with van der Waals surface area (Å²) in [6.45, 7) is 6.30. The van der Waals surface area contributed by atoms with Crippen molar-refractivity contribution < 1.29 is 4.79 Å². The fraction of sp³-hybridized carbons (Fsp3) is 0.286. The number of rotatable bonds is 6. The van der Waals surface area contributed by atoms with Gasteiger partial charge in [-0.3, -0.25) is 4.79 Å². The first kappa shape index (κ1) is 16.5. The van der Waals surface area contributed by atoms with Gasteiger partial charge < -0.3 is 10.3 Å². The van der Waals surface area contributed by atoms with Crippen molar-refractivity contribution in [3.8, 4) is 0 Å². The van der Waals surface area contributed by atoms with E-state index in [-0.39, 0.29) is 17.9 Å². The number of hydrogen-bond donors (Lipinski definition) is 2. The standard InChI is InChI=1S/C21H24N2O/c1-14(2)20(16-9-5-4-6-10-16)23-15(3)21(24)18-13-22-19-12-8-7-11-17(18)19/h4-15,20,22-23H,1-3H3/t15-,20-/m1/s1. The van der Waals surface area contributed by atoms with E-state index in [1.54, 1.807) is 0 Å². The van der Waals surface area contributed by atoms with Gasteiger partial charge in [-0.2, -0.15) is 0 Å². The van der Waals surface area contributed by atoms with E-state index >= 15 is 0 Å². The van der Waals surface area contributed by atoms with Crippen LogP contribution in [0, 0.1) is 5.92 Å². The maximum absolute atomic E-state index is 12.9. The first-order valence-corrected chi connectivity index (χ1v) is 8.49. The summed E-state index contributed by atoms with van der Waals surface area (Å²) in [4.78, 5) is 16.1. The third-order valence-corrected chi connectivity index (χ3v) is 4.50. The van der Waals surface area contributed by atoms with Crippen molar-refractivity contribution in [1.29, 1.82) is 0 Å². The van der Waals surface area contributed by atoms with Gasteiger partial charge in [0.25, 0.3) is 0 Å². The summed E-state index contributed by atoms with van der Waals surface area (Å²) in [5.74, 6) is 0.514. The largest absolute Gasteiger partial charge is 0.360 e. The highest BCUT2D eigenvalue weighted by Gasteiger charge is 2.24. The van der Waals surface area contributed by atoms with Crippen LogP contribution in [0.1, 0.15) is 42.7 Å². The molecule has 0 saturated carbocycles. The summed E-state index contributed by atoms with van der Waals surface area (Å²) in [6.07, 6.45) is 1.82. The van der Waals surface area contributed by atoms with Gasteiger partial charge in [0.2, 0.25) is 0 Å². The zero-order chi connectivity index (χ0) is 17.1. The molecule has 3 rings (SSSR count). The third-order valence-electron chi connectivity index (χ3n) is 4.50. The second kappa shape index (κ2) is 7.02. The second-order valence-corrected chi connectivity index (χ2v) is 6.63. The summed E-state index contributed by atoms with van der Waals surface area (Å²) in [6, 6.07) is 18.1. The van der Waals surface area contributed by atoms with E-state index in [2.05, 4.69) is 36.3 Å². The predicted octanol–water partition coefficient (Wildman–Crippen LogP) is 4.73. The van der Waals surface area contributed by atoms with Crippen molar-refractivity contribution in [2.45, 2.75) is 32.9 Å². The molecule has 3 heteroatoms. The molecular weight excluding hydrogens is 296 g/mol. The molecule has 1 heterocycles. The SMILES string of the molecule is CC(C)[C@@H](N[C@H](C)C(=O)c1c[nH]c2ccccc12)c1ccccc1. The predicted molar refractivity (Wildman–Crippen MR) is 99.2 cm³/mol. The summed E-state index contributed by atoms with van der Waals surface area (Å²) < 4.78 is 0. The summed E-state index contributed by atoms with van der Waals surface area (Å²) in [7, 11) is 0. The van der Waals surface area contributed by atoms with Crippen LogP contribution in [-0.2, 0) is 0 Å². The average Bonchev–Trinajstić information content (AvgIpc) is 3.03. The molecule has 0 aliphatic carbocycles. The Bertz CT molecular complexity index is 820. The van der Waals surface area contributed by atoms with E-state index in [1.165, 1.54) is 5.56 Å². The molecule has 0 radical (unpaired) electrons. The fourth-order valence-electron chi connectivity index (χ4n) is 3.19. The van der Waals surface area contributed by atoms with Crippen molar-refractivity contribution in [2.24, 2.45) is 5.92 Å². The van der Waals surface area contributed by atoms with Gasteiger partial charge in [0.05, 0.1) is 6.04 Å². The van der Waals surface area contributed by atoms with E-state index in [1.807, 2.05) is 55.6 Å². The second-order valence-electron chi connectivity index (χ2n) is 6.63. The minimum absolute atomic E-state index is 0.119. The molecule has 0 bridgehead atoms. The smallest absolute Gasteiger partial charge is 0.181 e. The maximum atomic E-state index is 12.9. The number of H-pyrrole nitrogens is 1. The lowest BCUT2D eigenvalue weighted by Gasteiger charge is -2.26. The quantitative estimate of drug-likeness (QED) is 0.645. The highest BCUT2D eigenvalue weighted by molar-refractivity contribution is 6.10. The zero-order valence-electron chi connectivity index (χ0n) is 14.4. The molecule has 3 aromatic rings. The van der Waals surface area contributed by atoms with Crippen LogP contribution < -0.4 is 5.32 Å². The van der Waals surface area contributed by atoms with Gasteiger partial charge >= 0.3 is 0 Å². The van der Waals surface area contributed by atoms with Crippen molar-refractivity contribution >= 4 is 16.7 Å². The molecule has 2 aromatic carbocycles. The molecule has 2 N–H and O–H groups in total. The van der Waals surface area contributed by atoms with Gasteiger partial charge in [-0.25, -0.2) is 0 Å². The number of Topliss-reactive ketones (excluding diaryl/α,β-unsaturated/α-hetero) is 1. The fourth-order valence-corrected chi connectivity index (χ4v) is 3.19. The minimum Gasteiger partial charge on any atom is -0.360 e. The minimum atomic E-state index is -0.253. The number of benzene rings is 2. The summed E-state index contributed by atoms with van der Waals surface area (Å²) in [5, 5.41) is 4.51. The van der Waals surface area contributed by atoms with Crippen LogP contribution in [0.2, 0.25) is 0 Å². The van der Waals surface area contributed by atoms with Crippen LogP contribution in [0.5, 0.6) is 0 Å². The molecule has 0 fully saturated rings. The maximum Gasteiger partial charge on any atom is 0.181 e. The van der Waals surface area contributed by atoms with E-state index < -0.39 is 0 Å². The van der Waals surface area contributed by atoms with E-state index in [0.29, 0.717) is 5.92 Å². The van der Waals surface area contributed by atoms with E-state index in [0.717, 1.165) is 16.5 Å². The first-order valence-electron chi connectivity index (χ1n) is 8.49. The third kappa shape index (κ3) is 3.26. The molecule has 0 amide bonds. The van der Waals surface area contributed by atoms with Crippen molar-refractivity contribution in [1.82, 2.24) is 10.3 Å². The Morgan fingerprint density at radius 2 is 1.62 bits per heavy atom. The molecule has 3 nitrogen and oxygen atoms in total. The van der Waals surface area contributed by atoms with Crippen molar-refractivity contribution in [3.63, 3.8) is 0 Å². The number of para-hydroxylation sites is 1. The molecule has 1 aromatic heterocycles. The molecule has 2 atom stereocenters. The Labute approximate surface area is 143 Å². The molecular formula is C21H24N2O. The number of fused-ring (bicyclic) bond motifs is 1. The number of aromatic nitrogens is 1. The number of ketones is 1. The Balaban J connectivity index is 1.82. The van der Waals surface area contributed by atoms with E-state index in [4.69, 9.17) is 0 Å². The van der Waals surface area contributed by atoms with Crippen LogP contribution in [-0.4, -0.2) is 16.8 Å². The number of hydrogen-bond acceptors (Lipinski definition) is 2. The van der Waals surface area contributed by atoms with E-state index in [9.17, 15) is 4.79 Å². The number of carbonyl (C=O) groups is 1. The number of nitrogens with one attached hydrogen (secondary N) is 2. The van der Waals surface area contributed by atoms with Gasteiger partial charge in [-0.1, -0.05) is 62.4 Å². The lowest BCUT2D eigenvalue weighted by Crippen LogP contribution is -2.38. The van der Waals surface area contributed by atoms with Crippen LogP contribution in [0.4, 0.5) is 0 Å².